The first-order valence-corrected chi connectivity index (χ1v) is 3.86. The van der Waals surface area contributed by atoms with Gasteiger partial charge in [0.05, 0.1) is 7.11 Å². The molecule has 0 bridgehead atoms. The molecule has 72 valence electrons. The average Bonchev–Trinajstić information content (AvgIpc) is 2.29. The third-order valence-corrected chi connectivity index (χ3v) is 2.07. The van der Waals surface area contributed by atoms with E-state index in [2.05, 4.69) is 23.9 Å². The normalized spacial score (nSPS) is 26.1. The summed E-state index contributed by atoms with van der Waals surface area (Å²) >= 11 is 0. The van der Waals surface area contributed by atoms with Crippen molar-refractivity contribution in [3.8, 4) is 0 Å². The van der Waals surface area contributed by atoms with E-state index in [1.165, 1.54) is 7.11 Å². The monoisotopic (exact) mass is 193 g/mol. The molecule has 1 N–H and O–H groups in total. The van der Waals surface area contributed by atoms with Crippen molar-refractivity contribution in [2.24, 2.45) is 5.41 Å². The second kappa shape index (κ2) is 4.10. The number of carbonyl (C=O) groups excluding carboxylic acids is 1. The third kappa shape index (κ3) is 2.64. The number of hydrogen-bond acceptors (Lipinski definition) is 3. The highest BCUT2D eigenvalue weighted by atomic mass is 35.5. The standard InChI is InChI=1S/C8H15NO2.ClH/c1-8(2)4-6(9-5-8)7(10)11-3;/h6,9H,4-5H2,1-3H3;1H/t6-;/m1./s1. The van der Waals surface area contributed by atoms with Gasteiger partial charge in [-0.05, 0) is 11.8 Å². The molecule has 1 rings (SSSR count). The summed E-state index contributed by atoms with van der Waals surface area (Å²) in [6.07, 6.45) is 0.875. The predicted octanol–water partition coefficient (Wildman–Crippen LogP) is 0.969. The highest BCUT2D eigenvalue weighted by molar-refractivity contribution is 5.85. The van der Waals surface area contributed by atoms with Crippen molar-refractivity contribution in [1.82, 2.24) is 5.32 Å². The summed E-state index contributed by atoms with van der Waals surface area (Å²) < 4.78 is 4.63. The van der Waals surface area contributed by atoms with Crippen LogP contribution in [0.5, 0.6) is 0 Å². The van der Waals surface area contributed by atoms with Crippen LogP contribution in [-0.2, 0) is 9.53 Å². The molecule has 1 heterocycles. The van der Waals surface area contributed by atoms with E-state index in [0.717, 1.165) is 13.0 Å². The van der Waals surface area contributed by atoms with Gasteiger partial charge in [0, 0.05) is 6.54 Å². The molecule has 1 aliphatic rings. The molecule has 12 heavy (non-hydrogen) atoms. The average molecular weight is 194 g/mol. The number of hydrogen-bond donors (Lipinski definition) is 1. The number of ether oxygens (including phenoxy) is 1. The Hall–Kier alpha value is -0.280. The second-order valence-electron chi connectivity index (χ2n) is 3.82. The number of nitrogens with one attached hydrogen (secondary N) is 1. The Labute approximate surface area is 79.3 Å². The van der Waals surface area contributed by atoms with Crippen LogP contribution in [-0.4, -0.2) is 25.7 Å². The highest BCUT2D eigenvalue weighted by Crippen LogP contribution is 2.27. The SMILES string of the molecule is COC(=O)[C@H]1CC(C)(C)CN1.Cl. The zero-order valence-corrected chi connectivity index (χ0v) is 8.53. The van der Waals surface area contributed by atoms with Crippen molar-refractivity contribution in [3.05, 3.63) is 0 Å². The van der Waals surface area contributed by atoms with E-state index < -0.39 is 0 Å². The summed E-state index contributed by atoms with van der Waals surface area (Å²) in [6.45, 7) is 5.18. The summed E-state index contributed by atoms with van der Waals surface area (Å²) in [6, 6.07) is -0.0880. The first kappa shape index (κ1) is 11.7. The quantitative estimate of drug-likeness (QED) is 0.631. The first-order valence-electron chi connectivity index (χ1n) is 3.86. The Balaban J connectivity index is 0.00000121. The van der Waals surface area contributed by atoms with Crippen LogP contribution in [0.3, 0.4) is 0 Å². The first-order chi connectivity index (χ1) is 5.05. The molecular formula is C8H16ClNO2. The predicted molar refractivity (Wildman–Crippen MR) is 49.5 cm³/mol. The maximum Gasteiger partial charge on any atom is 0.322 e. The lowest BCUT2D eigenvalue weighted by Gasteiger charge is -2.14. The molecule has 0 unspecified atom stereocenters. The minimum absolute atomic E-state index is 0. The van der Waals surface area contributed by atoms with E-state index >= 15 is 0 Å². The van der Waals surface area contributed by atoms with Crippen LogP contribution < -0.4 is 5.32 Å². The minimum atomic E-state index is -0.143. The van der Waals surface area contributed by atoms with Crippen molar-refractivity contribution in [1.29, 1.82) is 0 Å². The summed E-state index contributed by atoms with van der Waals surface area (Å²) in [4.78, 5) is 11.0. The number of esters is 1. The Morgan fingerprint density at radius 1 is 1.58 bits per heavy atom. The molecule has 1 fully saturated rings. The summed E-state index contributed by atoms with van der Waals surface area (Å²) in [5.41, 5.74) is 0.235. The van der Waals surface area contributed by atoms with Gasteiger partial charge in [0.1, 0.15) is 6.04 Å². The van der Waals surface area contributed by atoms with Crippen LogP contribution in [0.4, 0.5) is 0 Å². The zero-order chi connectivity index (χ0) is 8.48. The van der Waals surface area contributed by atoms with Gasteiger partial charge in [0.2, 0.25) is 0 Å². The molecule has 0 aromatic carbocycles. The smallest absolute Gasteiger partial charge is 0.322 e. The molecule has 1 saturated heterocycles. The van der Waals surface area contributed by atoms with Crippen LogP contribution in [0.2, 0.25) is 0 Å². The van der Waals surface area contributed by atoms with Crippen molar-refractivity contribution in [2.75, 3.05) is 13.7 Å². The van der Waals surface area contributed by atoms with E-state index in [0.29, 0.717) is 0 Å². The third-order valence-electron chi connectivity index (χ3n) is 2.07. The van der Waals surface area contributed by atoms with E-state index in [9.17, 15) is 4.79 Å². The largest absolute Gasteiger partial charge is 0.468 e. The van der Waals surface area contributed by atoms with Crippen LogP contribution in [0, 0.1) is 5.41 Å². The number of halogens is 1. The number of carbonyl (C=O) groups is 1. The van der Waals surface area contributed by atoms with Crippen molar-refractivity contribution in [3.63, 3.8) is 0 Å². The van der Waals surface area contributed by atoms with Gasteiger partial charge in [-0.15, -0.1) is 12.4 Å². The molecule has 0 aromatic heterocycles. The van der Waals surface area contributed by atoms with E-state index in [-0.39, 0.29) is 29.8 Å². The maximum atomic E-state index is 11.0. The Kier molecular flexibility index (Phi) is 4.00. The molecule has 1 aliphatic heterocycles. The topological polar surface area (TPSA) is 38.3 Å². The summed E-state index contributed by atoms with van der Waals surface area (Å²) in [5.74, 6) is -0.143. The summed E-state index contributed by atoms with van der Waals surface area (Å²) in [5, 5.41) is 3.12. The lowest BCUT2D eigenvalue weighted by Crippen LogP contribution is -2.31. The fourth-order valence-electron chi connectivity index (χ4n) is 1.41. The van der Waals surface area contributed by atoms with E-state index in [1.807, 2.05) is 0 Å². The maximum absolute atomic E-state index is 11.0. The molecule has 0 aromatic rings. The van der Waals surface area contributed by atoms with Gasteiger partial charge in [-0.25, -0.2) is 0 Å². The van der Waals surface area contributed by atoms with Crippen LogP contribution in [0.1, 0.15) is 20.3 Å². The van der Waals surface area contributed by atoms with Gasteiger partial charge >= 0.3 is 5.97 Å². The Morgan fingerprint density at radius 2 is 2.17 bits per heavy atom. The van der Waals surface area contributed by atoms with Gasteiger partial charge in [-0.1, -0.05) is 13.8 Å². The van der Waals surface area contributed by atoms with E-state index in [1.54, 1.807) is 0 Å². The van der Waals surface area contributed by atoms with Gasteiger partial charge < -0.3 is 10.1 Å². The summed E-state index contributed by atoms with van der Waals surface area (Å²) in [7, 11) is 1.43. The van der Waals surface area contributed by atoms with Gasteiger partial charge in [0.25, 0.3) is 0 Å². The van der Waals surface area contributed by atoms with Gasteiger partial charge in [-0.2, -0.15) is 0 Å². The molecule has 0 amide bonds. The van der Waals surface area contributed by atoms with Crippen molar-refractivity contribution < 1.29 is 9.53 Å². The Morgan fingerprint density at radius 3 is 2.50 bits per heavy atom. The molecule has 0 radical (unpaired) electrons. The Bertz CT molecular complexity index is 170. The second-order valence-corrected chi connectivity index (χ2v) is 3.82. The molecule has 4 heteroatoms. The molecule has 0 aliphatic carbocycles. The van der Waals surface area contributed by atoms with Crippen molar-refractivity contribution >= 4 is 18.4 Å². The number of rotatable bonds is 1. The zero-order valence-electron chi connectivity index (χ0n) is 7.72. The molecule has 0 spiro atoms. The molecule has 3 nitrogen and oxygen atoms in total. The van der Waals surface area contributed by atoms with Crippen LogP contribution >= 0.6 is 12.4 Å². The lowest BCUT2D eigenvalue weighted by atomic mass is 9.91. The minimum Gasteiger partial charge on any atom is -0.468 e. The van der Waals surface area contributed by atoms with Gasteiger partial charge in [0.15, 0.2) is 0 Å². The fraction of sp³-hybridized carbons (Fsp3) is 0.875. The van der Waals surface area contributed by atoms with E-state index in [4.69, 9.17) is 0 Å². The molecule has 1 atom stereocenters. The highest BCUT2D eigenvalue weighted by Gasteiger charge is 2.34. The molecule has 0 saturated carbocycles. The van der Waals surface area contributed by atoms with Crippen LogP contribution in [0.15, 0.2) is 0 Å². The van der Waals surface area contributed by atoms with Crippen LogP contribution in [0.25, 0.3) is 0 Å². The lowest BCUT2D eigenvalue weighted by molar-refractivity contribution is -0.142. The fourth-order valence-corrected chi connectivity index (χ4v) is 1.41. The number of methoxy groups -OCH3 is 1. The van der Waals surface area contributed by atoms with Gasteiger partial charge in [-0.3, -0.25) is 4.79 Å². The molecular weight excluding hydrogens is 178 g/mol. The van der Waals surface area contributed by atoms with Crippen molar-refractivity contribution in [2.45, 2.75) is 26.3 Å².